The molecule has 20 heavy (non-hydrogen) atoms. The van der Waals surface area contributed by atoms with Gasteiger partial charge in [-0.2, -0.15) is 0 Å². The first-order valence-electron chi connectivity index (χ1n) is 6.84. The Morgan fingerprint density at radius 1 is 1.25 bits per heavy atom. The van der Waals surface area contributed by atoms with Gasteiger partial charge in [0.05, 0.1) is 18.9 Å². The van der Waals surface area contributed by atoms with Crippen LogP contribution in [0.4, 0.5) is 0 Å². The van der Waals surface area contributed by atoms with Crippen LogP contribution in [0.3, 0.4) is 0 Å². The van der Waals surface area contributed by atoms with Crippen molar-refractivity contribution in [2.75, 3.05) is 6.61 Å². The summed E-state index contributed by atoms with van der Waals surface area (Å²) in [5.74, 6) is 0.991. The Morgan fingerprint density at radius 3 is 2.60 bits per heavy atom. The summed E-state index contributed by atoms with van der Waals surface area (Å²) in [6.07, 6.45) is 3.54. The molecule has 1 heterocycles. The maximum absolute atomic E-state index is 9.54. The fraction of sp³-hybridized carbons (Fsp3) is 0.375. The fourth-order valence-corrected chi connectivity index (χ4v) is 2.32. The van der Waals surface area contributed by atoms with Crippen LogP contribution in [-0.4, -0.2) is 17.8 Å². The zero-order chi connectivity index (χ0) is 14.4. The highest BCUT2D eigenvalue weighted by Gasteiger charge is 2.13. The van der Waals surface area contributed by atoms with Gasteiger partial charge in [-0.15, -0.1) is 0 Å². The number of benzene rings is 1. The largest absolute Gasteiger partial charge is 0.469 e. The molecule has 0 amide bonds. The molecule has 1 aromatic carbocycles. The van der Waals surface area contributed by atoms with Gasteiger partial charge in [0, 0.05) is 17.5 Å². The molecule has 4 heteroatoms. The number of aliphatic hydroxyl groups excluding tert-OH is 1. The highest BCUT2D eigenvalue weighted by Crippen LogP contribution is 2.17. The van der Waals surface area contributed by atoms with Crippen molar-refractivity contribution in [2.45, 2.75) is 31.8 Å². The third-order valence-electron chi connectivity index (χ3n) is 3.34. The molecule has 2 N–H and O–H groups in total. The van der Waals surface area contributed by atoms with Gasteiger partial charge >= 0.3 is 0 Å². The zero-order valence-electron chi connectivity index (χ0n) is 11.6. The van der Waals surface area contributed by atoms with Crippen LogP contribution in [0.2, 0.25) is 5.02 Å². The summed E-state index contributed by atoms with van der Waals surface area (Å²) in [6.45, 7) is 2.17. The topological polar surface area (TPSA) is 45.4 Å². The number of halogens is 1. The van der Waals surface area contributed by atoms with Gasteiger partial charge in [0.15, 0.2) is 0 Å². The minimum atomic E-state index is -0.0705. The molecular weight excluding hydrogens is 274 g/mol. The van der Waals surface area contributed by atoms with Crippen molar-refractivity contribution in [1.82, 2.24) is 5.32 Å². The molecule has 0 spiro atoms. The average Bonchev–Trinajstić information content (AvgIpc) is 2.97. The van der Waals surface area contributed by atoms with Crippen molar-refractivity contribution >= 4 is 11.6 Å². The normalized spacial score (nSPS) is 14.2. The summed E-state index contributed by atoms with van der Waals surface area (Å²) >= 11 is 5.88. The molecule has 2 atom stereocenters. The van der Waals surface area contributed by atoms with Crippen molar-refractivity contribution in [2.24, 2.45) is 0 Å². The number of rotatable bonds is 7. The molecule has 0 aliphatic heterocycles. The minimum absolute atomic E-state index is 0.0622. The standard InChI is InChI=1S/C16H20ClNO2/c1-12(4-9-15-3-2-10-20-15)18-16(11-19)13-5-7-14(17)8-6-13/h2-3,5-8,10,12,16,18-19H,4,9,11H2,1H3. The third-order valence-corrected chi connectivity index (χ3v) is 3.60. The van der Waals surface area contributed by atoms with Gasteiger partial charge in [-0.25, -0.2) is 0 Å². The molecule has 1 aromatic heterocycles. The lowest BCUT2D eigenvalue weighted by Crippen LogP contribution is -2.33. The Balaban J connectivity index is 1.87. The van der Waals surface area contributed by atoms with Crippen molar-refractivity contribution in [3.8, 4) is 0 Å². The maximum atomic E-state index is 9.54. The first kappa shape index (κ1) is 15.1. The minimum Gasteiger partial charge on any atom is -0.469 e. The molecule has 2 aromatic rings. The van der Waals surface area contributed by atoms with E-state index >= 15 is 0 Å². The van der Waals surface area contributed by atoms with Gasteiger partial charge < -0.3 is 14.8 Å². The van der Waals surface area contributed by atoms with Crippen molar-refractivity contribution in [1.29, 1.82) is 0 Å². The molecule has 0 saturated carbocycles. The van der Waals surface area contributed by atoms with E-state index in [2.05, 4.69) is 12.2 Å². The summed E-state index contributed by atoms with van der Waals surface area (Å²) in [5.41, 5.74) is 1.04. The Hall–Kier alpha value is -1.29. The second kappa shape index (κ2) is 7.48. The van der Waals surface area contributed by atoms with E-state index in [4.69, 9.17) is 16.0 Å². The van der Waals surface area contributed by atoms with Crippen LogP contribution in [0, 0.1) is 0 Å². The maximum Gasteiger partial charge on any atom is 0.103 e. The first-order chi connectivity index (χ1) is 9.69. The Labute approximate surface area is 124 Å². The Morgan fingerprint density at radius 2 is 2.00 bits per heavy atom. The number of hydrogen-bond donors (Lipinski definition) is 2. The van der Waals surface area contributed by atoms with E-state index in [0.717, 1.165) is 24.2 Å². The van der Waals surface area contributed by atoms with Gasteiger partial charge in [-0.3, -0.25) is 0 Å². The van der Waals surface area contributed by atoms with Crippen molar-refractivity contribution < 1.29 is 9.52 Å². The van der Waals surface area contributed by atoms with Gasteiger partial charge in [-0.1, -0.05) is 23.7 Å². The lowest BCUT2D eigenvalue weighted by molar-refractivity contribution is 0.232. The van der Waals surface area contributed by atoms with Crippen LogP contribution < -0.4 is 5.32 Å². The number of aliphatic hydroxyl groups is 1. The van der Waals surface area contributed by atoms with E-state index in [-0.39, 0.29) is 18.7 Å². The third kappa shape index (κ3) is 4.37. The summed E-state index contributed by atoms with van der Waals surface area (Å²) in [7, 11) is 0. The van der Waals surface area contributed by atoms with Gasteiger partial charge in [0.25, 0.3) is 0 Å². The van der Waals surface area contributed by atoms with Crippen LogP contribution in [0.5, 0.6) is 0 Å². The zero-order valence-corrected chi connectivity index (χ0v) is 12.3. The van der Waals surface area contributed by atoms with E-state index < -0.39 is 0 Å². The Kier molecular flexibility index (Phi) is 5.65. The molecule has 0 aliphatic rings. The molecule has 0 aliphatic carbocycles. The lowest BCUT2D eigenvalue weighted by Gasteiger charge is -2.22. The predicted molar refractivity (Wildman–Crippen MR) is 80.9 cm³/mol. The number of aryl methyl sites for hydroxylation is 1. The van der Waals surface area contributed by atoms with Crippen molar-refractivity contribution in [3.63, 3.8) is 0 Å². The molecule has 2 rings (SSSR count). The molecule has 0 bridgehead atoms. The average molecular weight is 294 g/mol. The molecule has 3 nitrogen and oxygen atoms in total. The molecule has 2 unspecified atom stereocenters. The number of hydrogen-bond acceptors (Lipinski definition) is 3. The highest BCUT2D eigenvalue weighted by atomic mass is 35.5. The van der Waals surface area contributed by atoms with Gasteiger partial charge in [0.2, 0.25) is 0 Å². The monoisotopic (exact) mass is 293 g/mol. The summed E-state index contributed by atoms with van der Waals surface area (Å²) in [4.78, 5) is 0. The van der Waals surface area contributed by atoms with E-state index in [9.17, 15) is 5.11 Å². The van der Waals surface area contributed by atoms with Crippen LogP contribution >= 0.6 is 11.6 Å². The second-order valence-electron chi connectivity index (χ2n) is 4.97. The molecule has 0 radical (unpaired) electrons. The van der Waals surface area contributed by atoms with Crippen LogP contribution in [-0.2, 0) is 6.42 Å². The van der Waals surface area contributed by atoms with Crippen LogP contribution in [0.25, 0.3) is 0 Å². The number of furan rings is 1. The smallest absolute Gasteiger partial charge is 0.103 e. The van der Waals surface area contributed by atoms with Gasteiger partial charge in [-0.05, 0) is 43.2 Å². The SMILES string of the molecule is CC(CCc1ccco1)NC(CO)c1ccc(Cl)cc1. The van der Waals surface area contributed by atoms with Crippen LogP contribution in [0.1, 0.15) is 30.7 Å². The molecular formula is C16H20ClNO2. The second-order valence-corrected chi connectivity index (χ2v) is 5.41. The molecule has 0 saturated heterocycles. The molecule has 108 valence electrons. The van der Waals surface area contributed by atoms with E-state index in [1.807, 2.05) is 36.4 Å². The van der Waals surface area contributed by atoms with Crippen molar-refractivity contribution in [3.05, 3.63) is 59.0 Å². The van der Waals surface area contributed by atoms with E-state index in [0.29, 0.717) is 5.02 Å². The van der Waals surface area contributed by atoms with E-state index in [1.54, 1.807) is 6.26 Å². The predicted octanol–water partition coefficient (Wildman–Crippen LogP) is 3.58. The first-order valence-corrected chi connectivity index (χ1v) is 7.21. The number of nitrogens with one attached hydrogen (secondary N) is 1. The van der Waals surface area contributed by atoms with Gasteiger partial charge in [0.1, 0.15) is 5.76 Å². The van der Waals surface area contributed by atoms with E-state index in [1.165, 1.54) is 0 Å². The molecule has 0 fully saturated rings. The fourth-order valence-electron chi connectivity index (χ4n) is 2.19. The summed E-state index contributed by atoms with van der Waals surface area (Å²) in [5, 5.41) is 13.7. The van der Waals surface area contributed by atoms with Crippen LogP contribution in [0.15, 0.2) is 47.1 Å². The summed E-state index contributed by atoms with van der Waals surface area (Å²) in [6, 6.07) is 11.7. The quantitative estimate of drug-likeness (QED) is 0.820. The Bertz CT molecular complexity index is 496. The highest BCUT2D eigenvalue weighted by molar-refractivity contribution is 6.30. The lowest BCUT2D eigenvalue weighted by atomic mass is 10.1. The summed E-state index contributed by atoms with van der Waals surface area (Å²) < 4.78 is 5.32.